The second-order valence-corrected chi connectivity index (χ2v) is 9.28. The van der Waals surface area contributed by atoms with E-state index in [1.807, 2.05) is 67.6 Å². The molecule has 0 aliphatic carbocycles. The van der Waals surface area contributed by atoms with Gasteiger partial charge < -0.3 is 14.4 Å². The lowest BCUT2D eigenvalue weighted by molar-refractivity contribution is 0.415. The lowest BCUT2D eigenvalue weighted by atomic mass is 10.2. The number of nitrogens with zero attached hydrogens (tertiary/aromatic N) is 6. The number of hydrogen-bond donors (Lipinski definition) is 1. The second-order valence-electron chi connectivity index (χ2n) is 7.89. The van der Waals surface area contributed by atoms with Gasteiger partial charge in [-0.1, -0.05) is 53.3 Å². The molecule has 180 valence electrons. The number of fused-ring (bicyclic) bond motifs is 1. The van der Waals surface area contributed by atoms with Crippen LogP contribution in [0.5, 0.6) is 11.6 Å². The normalized spacial score (nSPS) is 11.8. The Morgan fingerprint density at radius 1 is 0.972 bits per heavy atom. The van der Waals surface area contributed by atoms with E-state index < -0.39 is 0 Å². The van der Waals surface area contributed by atoms with Crippen molar-refractivity contribution >= 4 is 55.3 Å². The molecule has 0 spiro atoms. The summed E-state index contributed by atoms with van der Waals surface area (Å²) in [5, 5.41) is 30.5. The predicted octanol–water partition coefficient (Wildman–Crippen LogP) is 8.65. The monoisotopic (exact) mass is 516 g/mol. The van der Waals surface area contributed by atoms with Crippen molar-refractivity contribution in [2.45, 2.75) is 13.5 Å². The Labute approximate surface area is 216 Å². The molecule has 2 heterocycles. The minimum absolute atomic E-state index is 0.00700. The number of benzene rings is 3. The average Bonchev–Trinajstić information content (AvgIpc) is 3.38. The van der Waals surface area contributed by atoms with Crippen molar-refractivity contribution in [2.24, 2.45) is 20.5 Å². The van der Waals surface area contributed by atoms with E-state index in [9.17, 15) is 5.11 Å². The van der Waals surface area contributed by atoms with Gasteiger partial charge in [0.25, 0.3) is 0 Å². The fourth-order valence-corrected chi connectivity index (χ4v) is 4.56. The summed E-state index contributed by atoms with van der Waals surface area (Å²) >= 11 is 7.51. The van der Waals surface area contributed by atoms with Crippen molar-refractivity contribution in [3.05, 3.63) is 89.1 Å². The predicted molar refractivity (Wildman–Crippen MR) is 142 cm³/mol. The average molecular weight is 517 g/mol. The number of thiazole rings is 1. The summed E-state index contributed by atoms with van der Waals surface area (Å²) in [6.45, 7) is 2.31. The minimum Gasteiger partial charge on any atom is -0.497 e. The van der Waals surface area contributed by atoms with E-state index in [0.29, 0.717) is 44.2 Å². The maximum atomic E-state index is 11.1. The van der Waals surface area contributed by atoms with E-state index >= 15 is 0 Å². The van der Waals surface area contributed by atoms with Crippen molar-refractivity contribution < 1.29 is 9.84 Å². The molecule has 0 amide bonds. The molecule has 0 aliphatic rings. The van der Waals surface area contributed by atoms with Crippen LogP contribution in [0.4, 0.5) is 21.5 Å². The van der Waals surface area contributed by atoms with Gasteiger partial charge in [0.15, 0.2) is 10.7 Å². The third-order valence-electron chi connectivity index (χ3n) is 5.48. The summed E-state index contributed by atoms with van der Waals surface area (Å²) in [6.07, 6.45) is 0. The van der Waals surface area contributed by atoms with Crippen LogP contribution in [0.15, 0.2) is 93.3 Å². The number of rotatable bonds is 7. The van der Waals surface area contributed by atoms with Gasteiger partial charge in [-0.15, -0.1) is 20.5 Å². The summed E-state index contributed by atoms with van der Waals surface area (Å²) < 4.78 is 6.95. The molecule has 0 saturated heterocycles. The van der Waals surface area contributed by atoms with Crippen LogP contribution in [0.1, 0.15) is 11.3 Å². The van der Waals surface area contributed by atoms with Gasteiger partial charge in [-0.05, 0) is 55.0 Å². The van der Waals surface area contributed by atoms with Gasteiger partial charge >= 0.3 is 0 Å². The van der Waals surface area contributed by atoms with E-state index in [1.54, 1.807) is 23.8 Å². The summed E-state index contributed by atoms with van der Waals surface area (Å²) in [6, 6.07) is 22.6. The first-order valence-corrected chi connectivity index (χ1v) is 12.2. The van der Waals surface area contributed by atoms with Crippen LogP contribution in [-0.4, -0.2) is 21.8 Å². The van der Waals surface area contributed by atoms with Crippen LogP contribution in [0.25, 0.3) is 10.9 Å². The molecule has 5 rings (SSSR count). The molecule has 0 bridgehead atoms. The molecular weight excluding hydrogens is 496 g/mol. The van der Waals surface area contributed by atoms with Crippen molar-refractivity contribution in [1.82, 2.24) is 9.55 Å². The molecule has 1 N–H and O–H groups in total. The topological polar surface area (TPSA) is 96.7 Å². The smallest absolute Gasteiger partial charge is 0.232 e. The molecule has 0 radical (unpaired) electrons. The number of aromatic nitrogens is 2. The molecule has 0 aliphatic heterocycles. The van der Waals surface area contributed by atoms with Gasteiger partial charge in [0.2, 0.25) is 11.0 Å². The highest BCUT2D eigenvalue weighted by Crippen LogP contribution is 2.42. The molecule has 2 aromatic heterocycles. The van der Waals surface area contributed by atoms with Crippen LogP contribution in [0, 0.1) is 6.92 Å². The van der Waals surface area contributed by atoms with E-state index in [0.717, 1.165) is 16.8 Å². The number of hydrogen-bond acceptors (Lipinski definition) is 8. The number of aromatic hydroxyl groups is 1. The highest BCUT2D eigenvalue weighted by atomic mass is 35.5. The first-order valence-electron chi connectivity index (χ1n) is 11.0. The highest BCUT2D eigenvalue weighted by Gasteiger charge is 2.18. The van der Waals surface area contributed by atoms with E-state index in [-0.39, 0.29) is 5.88 Å². The van der Waals surface area contributed by atoms with Crippen LogP contribution in [-0.2, 0) is 6.54 Å². The zero-order chi connectivity index (χ0) is 25.1. The zero-order valence-corrected chi connectivity index (χ0v) is 21.0. The molecule has 8 nitrogen and oxygen atoms in total. The Kier molecular flexibility index (Phi) is 6.75. The van der Waals surface area contributed by atoms with E-state index in [2.05, 4.69) is 25.4 Å². The van der Waals surface area contributed by atoms with Gasteiger partial charge in [-0.25, -0.2) is 4.98 Å². The zero-order valence-electron chi connectivity index (χ0n) is 19.5. The summed E-state index contributed by atoms with van der Waals surface area (Å²) in [5.74, 6) is 0.757. The van der Waals surface area contributed by atoms with Crippen LogP contribution < -0.4 is 4.74 Å². The summed E-state index contributed by atoms with van der Waals surface area (Å²) in [5.41, 5.74) is 3.56. The third-order valence-corrected chi connectivity index (χ3v) is 6.64. The van der Waals surface area contributed by atoms with Crippen LogP contribution in [0.2, 0.25) is 5.02 Å². The Balaban J connectivity index is 1.44. The minimum atomic E-state index is 0.00700. The number of aryl methyl sites for hydroxylation is 1. The van der Waals surface area contributed by atoms with E-state index in [4.69, 9.17) is 16.3 Å². The van der Waals surface area contributed by atoms with Gasteiger partial charge in [0.05, 0.1) is 30.6 Å². The number of ether oxygens (including phenoxy) is 1. The molecule has 0 unspecified atom stereocenters. The molecule has 5 aromatic rings. The number of halogens is 1. The Morgan fingerprint density at radius 2 is 1.75 bits per heavy atom. The van der Waals surface area contributed by atoms with Crippen molar-refractivity contribution in [1.29, 1.82) is 0 Å². The second kappa shape index (κ2) is 10.3. The summed E-state index contributed by atoms with van der Waals surface area (Å²) in [4.78, 5) is 4.44. The molecule has 0 saturated carbocycles. The number of methoxy groups -OCH3 is 1. The molecule has 36 heavy (non-hydrogen) atoms. The molecular formula is C26H21ClN6O2S. The van der Waals surface area contributed by atoms with Gasteiger partial charge in [0, 0.05) is 10.4 Å². The van der Waals surface area contributed by atoms with Gasteiger partial charge in [-0.2, -0.15) is 0 Å². The van der Waals surface area contributed by atoms with Gasteiger partial charge in [-0.3, -0.25) is 0 Å². The summed E-state index contributed by atoms with van der Waals surface area (Å²) in [7, 11) is 1.61. The highest BCUT2D eigenvalue weighted by molar-refractivity contribution is 7.19. The fraction of sp³-hybridized carbons (Fsp3) is 0.115. The lowest BCUT2D eigenvalue weighted by Crippen LogP contribution is -1.98. The van der Waals surface area contributed by atoms with E-state index in [1.165, 1.54) is 11.3 Å². The lowest BCUT2D eigenvalue weighted by Gasteiger charge is -2.07. The Hall–Kier alpha value is -4.08. The molecule has 10 heteroatoms. The molecule has 0 fully saturated rings. The fourth-order valence-electron chi connectivity index (χ4n) is 3.68. The first-order chi connectivity index (χ1) is 17.5. The van der Waals surface area contributed by atoms with Crippen LogP contribution in [0.3, 0.4) is 0 Å². The SMILES string of the molecule is COc1ccc(N=Nc2sc(N=Nc3c(O)n(Cc4ccccc4)c4ccc(Cl)cc34)nc2C)cc1. The standard InChI is InChI=1S/C26H21ClN6O2S/c1-16-24(31-29-19-9-11-20(35-2)12-10-19)36-26(28-16)32-30-23-21-14-18(27)8-13-22(21)33(25(23)34)15-17-6-4-3-5-7-17/h3-14,34H,15H2,1-2H3. The maximum Gasteiger partial charge on any atom is 0.232 e. The number of azo groups is 2. The van der Waals surface area contributed by atoms with Crippen molar-refractivity contribution in [2.75, 3.05) is 7.11 Å². The Morgan fingerprint density at radius 3 is 2.50 bits per heavy atom. The van der Waals surface area contributed by atoms with Crippen molar-refractivity contribution in [3.63, 3.8) is 0 Å². The van der Waals surface area contributed by atoms with Crippen molar-refractivity contribution in [3.8, 4) is 11.6 Å². The Bertz CT molecular complexity index is 1580. The van der Waals surface area contributed by atoms with Crippen LogP contribution >= 0.6 is 22.9 Å². The maximum absolute atomic E-state index is 11.1. The molecule has 3 aromatic carbocycles. The quantitative estimate of drug-likeness (QED) is 0.219. The third kappa shape index (κ3) is 4.98. The largest absolute Gasteiger partial charge is 0.497 e. The first kappa shape index (κ1) is 23.7. The van der Waals surface area contributed by atoms with Gasteiger partial charge in [0.1, 0.15) is 5.75 Å². The molecule has 0 atom stereocenters.